The molecular weight excluding hydrogens is 372 g/mol. The number of hydrogen-bond donors (Lipinski definition) is 1. The summed E-state index contributed by atoms with van der Waals surface area (Å²) in [6, 6.07) is 0. The van der Waals surface area contributed by atoms with Crippen molar-refractivity contribution in [1.29, 1.82) is 0 Å². The van der Waals surface area contributed by atoms with Crippen LogP contribution in [0.1, 0.15) is 98.3 Å². The largest absolute Gasteiger partial charge is 0.481 e. The van der Waals surface area contributed by atoms with Crippen molar-refractivity contribution in [1.82, 2.24) is 0 Å². The smallest absolute Gasteiger partial charge is 0.306 e. The van der Waals surface area contributed by atoms with Crippen molar-refractivity contribution in [2.75, 3.05) is 0 Å². The van der Waals surface area contributed by atoms with Crippen LogP contribution in [0.3, 0.4) is 0 Å². The quantitative estimate of drug-likeness (QED) is 0.494. The number of allylic oxidation sites excluding steroid dienone is 2. The Balaban J connectivity index is 1.46. The second kappa shape index (κ2) is 8.10. The van der Waals surface area contributed by atoms with Gasteiger partial charge in [-0.3, -0.25) is 9.59 Å². The Morgan fingerprint density at radius 3 is 2.57 bits per heavy atom. The molecule has 4 rings (SSSR count). The molecule has 0 bridgehead atoms. The maximum atomic E-state index is 12.1. The zero-order chi connectivity index (χ0) is 21.7. The van der Waals surface area contributed by atoms with E-state index < -0.39 is 5.97 Å². The van der Waals surface area contributed by atoms with Crippen LogP contribution >= 0.6 is 0 Å². The number of carbonyl (C=O) groups is 2. The third kappa shape index (κ3) is 3.58. The molecule has 3 fully saturated rings. The number of hydrogen-bond acceptors (Lipinski definition) is 2. The van der Waals surface area contributed by atoms with Gasteiger partial charge in [0, 0.05) is 12.8 Å². The number of fused-ring (bicyclic) bond motifs is 5. The van der Waals surface area contributed by atoms with Crippen LogP contribution in [-0.4, -0.2) is 16.9 Å². The molecular formula is C27H42O3. The summed E-state index contributed by atoms with van der Waals surface area (Å²) < 4.78 is 0. The molecule has 4 aliphatic rings. The minimum atomic E-state index is -0.658. The van der Waals surface area contributed by atoms with Gasteiger partial charge >= 0.3 is 5.97 Å². The third-order valence-electron chi connectivity index (χ3n) is 10.4. The lowest BCUT2D eigenvalue weighted by Crippen LogP contribution is -2.49. The highest BCUT2D eigenvalue weighted by Gasteiger charge is 2.58. The first-order valence-corrected chi connectivity index (χ1v) is 12.6. The summed E-state index contributed by atoms with van der Waals surface area (Å²) in [5, 5.41) is 9.16. The van der Waals surface area contributed by atoms with Crippen molar-refractivity contribution in [2.45, 2.75) is 98.3 Å². The molecule has 3 unspecified atom stereocenters. The molecule has 8 atom stereocenters. The van der Waals surface area contributed by atoms with Crippen LogP contribution in [0.4, 0.5) is 0 Å². The zero-order valence-corrected chi connectivity index (χ0v) is 19.6. The van der Waals surface area contributed by atoms with Crippen LogP contribution in [0.15, 0.2) is 11.6 Å². The summed E-state index contributed by atoms with van der Waals surface area (Å²) in [6.45, 7) is 9.34. The number of carboxylic acid groups (broad SMARTS) is 1. The highest BCUT2D eigenvalue weighted by atomic mass is 16.4. The summed E-state index contributed by atoms with van der Waals surface area (Å²) in [5.41, 5.74) is 2.52. The first-order chi connectivity index (χ1) is 14.2. The summed E-state index contributed by atoms with van der Waals surface area (Å²) in [4.78, 5) is 23.2. The van der Waals surface area contributed by atoms with Gasteiger partial charge in [0.25, 0.3) is 0 Å². The van der Waals surface area contributed by atoms with E-state index in [-0.39, 0.29) is 5.92 Å². The number of carbonyl (C=O) groups excluding carboxylic acids is 1. The maximum Gasteiger partial charge on any atom is 0.306 e. The van der Waals surface area contributed by atoms with Gasteiger partial charge in [-0.25, -0.2) is 0 Å². The van der Waals surface area contributed by atoms with Gasteiger partial charge in [0.1, 0.15) is 5.78 Å². The second-order valence-electron chi connectivity index (χ2n) is 11.9. The summed E-state index contributed by atoms with van der Waals surface area (Å²) in [6.07, 6.45) is 14.7. The van der Waals surface area contributed by atoms with Gasteiger partial charge in [-0.15, -0.1) is 0 Å². The highest BCUT2D eigenvalue weighted by molar-refractivity contribution is 5.79. The number of ketones is 1. The lowest BCUT2D eigenvalue weighted by molar-refractivity contribution is -0.141. The van der Waals surface area contributed by atoms with E-state index in [0.29, 0.717) is 34.4 Å². The lowest BCUT2D eigenvalue weighted by Gasteiger charge is -2.57. The fourth-order valence-corrected chi connectivity index (χ4v) is 8.35. The van der Waals surface area contributed by atoms with Gasteiger partial charge in [0.15, 0.2) is 0 Å². The van der Waals surface area contributed by atoms with E-state index in [0.717, 1.165) is 56.8 Å². The normalized spacial score (nSPS) is 42.5. The average Bonchev–Trinajstić information content (AvgIpc) is 3.05. The predicted octanol–water partition coefficient (Wildman–Crippen LogP) is 6.66. The standard InChI is InChI=1S/C27H42O3/c1-17(6-5-7-18(2)25(29)30)22-10-11-23-21-9-8-19-16-20(28)12-14-26(19,3)24(21)13-15-27(22,23)4/h9,17-19,22-24H,5-8,10-16H2,1-4H3,(H,29,30)/t17?,18-,19+,22-,23?,24?,26+,27-/m1/s1. The molecule has 0 spiro atoms. The molecule has 0 aromatic carbocycles. The van der Waals surface area contributed by atoms with Gasteiger partial charge < -0.3 is 5.11 Å². The van der Waals surface area contributed by atoms with Crippen molar-refractivity contribution < 1.29 is 14.7 Å². The number of carboxylic acids is 1. The summed E-state index contributed by atoms with van der Waals surface area (Å²) >= 11 is 0. The Hall–Kier alpha value is -1.12. The Bertz CT molecular complexity index is 724. The summed E-state index contributed by atoms with van der Waals surface area (Å²) in [7, 11) is 0. The van der Waals surface area contributed by atoms with Gasteiger partial charge in [-0.05, 0) is 85.4 Å². The minimum absolute atomic E-state index is 0.219. The van der Waals surface area contributed by atoms with Gasteiger partial charge in [0.05, 0.1) is 5.92 Å². The van der Waals surface area contributed by atoms with Crippen molar-refractivity contribution >= 4 is 11.8 Å². The van der Waals surface area contributed by atoms with Crippen molar-refractivity contribution in [3.05, 3.63) is 11.6 Å². The topological polar surface area (TPSA) is 54.4 Å². The monoisotopic (exact) mass is 414 g/mol. The molecule has 0 radical (unpaired) electrons. The van der Waals surface area contributed by atoms with Crippen LogP contribution in [0.25, 0.3) is 0 Å². The molecule has 0 aliphatic heterocycles. The molecule has 4 aliphatic carbocycles. The van der Waals surface area contributed by atoms with Crippen LogP contribution in [0.5, 0.6) is 0 Å². The molecule has 0 heterocycles. The highest BCUT2D eigenvalue weighted by Crippen LogP contribution is 2.66. The first kappa shape index (κ1) is 22.1. The predicted molar refractivity (Wildman–Crippen MR) is 120 cm³/mol. The molecule has 0 saturated heterocycles. The Labute approximate surface area is 183 Å². The fraction of sp³-hybridized carbons (Fsp3) is 0.852. The molecule has 3 nitrogen and oxygen atoms in total. The SMILES string of the molecule is CC(CCC[C@@H](C)C(=O)O)[C@H]1CCC2C3=CC[C@H]4CC(=O)CC[C@]4(C)C3CC[C@@]21C. The van der Waals surface area contributed by atoms with E-state index in [1.54, 1.807) is 5.57 Å². The van der Waals surface area contributed by atoms with E-state index in [9.17, 15) is 9.59 Å². The Morgan fingerprint density at radius 2 is 1.83 bits per heavy atom. The molecule has 3 saturated carbocycles. The number of aliphatic carboxylic acids is 1. The first-order valence-electron chi connectivity index (χ1n) is 12.6. The Morgan fingerprint density at radius 1 is 1.10 bits per heavy atom. The zero-order valence-electron chi connectivity index (χ0n) is 19.6. The molecule has 168 valence electrons. The van der Waals surface area contributed by atoms with Crippen molar-refractivity contribution in [3.63, 3.8) is 0 Å². The molecule has 1 N–H and O–H groups in total. The van der Waals surface area contributed by atoms with Gasteiger partial charge in [0.2, 0.25) is 0 Å². The van der Waals surface area contributed by atoms with E-state index in [2.05, 4.69) is 26.8 Å². The van der Waals surface area contributed by atoms with Crippen molar-refractivity contribution in [2.24, 2.45) is 46.3 Å². The van der Waals surface area contributed by atoms with E-state index in [4.69, 9.17) is 5.11 Å². The maximum absolute atomic E-state index is 12.1. The minimum Gasteiger partial charge on any atom is -0.481 e. The second-order valence-corrected chi connectivity index (χ2v) is 11.9. The van der Waals surface area contributed by atoms with Crippen LogP contribution in [0, 0.1) is 46.3 Å². The van der Waals surface area contributed by atoms with Gasteiger partial charge in [-0.1, -0.05) is 52.2 Å². The molecule has 30 heavy (non-hydrogen) atoms. The molecule has 0 amide bonds. The lowest BCUT2D eigenvalue weighted by atomic mass is 9.47. The van der Waals surface area contributed by atoms with E-state index >= 15 is 0 Å². The molecule has 0 aromatic heterocycles. The van der Waals surface area contributed by atoms with E-state index in [1.165, 1.54) is 25.7 Å². The average molecular weight is 415 g/mol. The Kier molecular flexibility index (Phi) is 5.96. The van der Waals surface area contributed by atoms with Crippen LogP contribution in [-0.2, 0) is 9.59 Å². The van der Waals surface area contributed by atoms with Crippen LogP contribution in [0.2, 0.25) is 0 Å². The molecule has 0 aromatic rings. The van der Waals surface area contributed by atoms with E-state index in [1.807, 2.05) is 6.92 Å². The third-order valence-corrected chi connectivity index (χ3v) is 10.4. The molecule has 3 heteroatoms. The van der Waals surface area contributed by atoms with Gasteiger partial charge in [-0.2, -0.15) is 0 Å². The van der Waals surface area contributed by atoms with Crippen LogP contribution < -0.4 is 0 Å². The van der Waals surface area contributed by atoms with Crippen molar-refractivity contribution in [3.8, 4) is 0 Å². The number of Topliss-reactive ketones (excluding diaryl/α,β-unsaturated/α-hetero) is 1. The number of rotatable bonds is 6. The fourth-order valence-electron chi connectivity index (χ4n) is 8.35. The summed E-state index contributed by atoms with van der Waals surface area (Å²) in [5.74, 6) is 3.06.